The Morgan fingerprint density at radius 2 is 1.04 bits per heavy atom. The number of hydrogen-bond donors (Lipinski definition) is 0. The second-order valence-electron chi connectivity index (χ2n) is 11.6. The average molecular weight is 590 g/mol. The zero-order valence-electron chi connectivity index (χ0n) is 24.4. The van der Waals surface area contributed by atoms with Gasteiger partial charge in [-0.05, 0) is 64.0 Å². The van der Waals surface area contributed by atoms with E-state index in [1.54, 1.807) is 6.20 Å². The van der Waals surface area contributed by atoms with Crippen molar-refractivity contribution in [2.45, 2.75) is 0 Å². The molecule has 214 valence electrons. The minimum Gasteiger partial charge on any atom is -0.456 e. The molecule has 5 heteroatoms. The zero-order chi connectivity index (χ0) is 30.2. The van der Waals surface area contributed by atoms with Crippen LogP contribution in [0.5, 0.6) is 0 Å². The van der Waals surface area contributed by atoms with Crippen LogP contribution in [0.4, 0.5) is 0 Å². The molecule has 10 aromatic rings. The van der Waals surface area contributed by atoms with Crippen molar-refractivity contribution in [3.8, 4) is 33.9 Å². The molecule has 0 saturated carbocycles. The molecular formula is C41H23N3O2. The third kappa shape index (κ3) is 3.66. The lowest BCUT2D eigenvalue weighted by Crippen LogP contribution is -1.97. The highest BCUT2D eigenvalue weighted by Gasteiger charge is 2.20. The van der Waals surface area contributed by atoms with Crippen LogP contribution in [0.2, 0.25) is 0 Å². The summed E-state index contributed by atoms with van der Waals surface area (Å²) < 4.78 is 12.5. The van der Waals surface area contributed by atoms with E-state index in [0.717, 1.165) is 82.9 Å². The zero-order valence-corrected chi connectivity index (χ0v) is 24.4. The molecule has 0 amide bonds. The second-order valence-corrected chi connectivity index (χ2v) is 11.6. The minimum atomic E-state index is 0.605. The Bertz CT molecular complexity index is 2700. The number of benzene rings is 6. The van der Waals surface area contributed by atoms with Crippen LogP contribution in [-0.2, 0) is 0 Å². The molecule has 0 atom stereocenters. The first-order chi connectivity index (χ1) is 22.8. The highest BCUT2D eigenvalue weighted by atomic mass is 16.3. The van der Waals surface area contributed by atoms with E-state index in [9.17, 15) is 0 Å². The van der Waals surface area contributed by atoms with E-state index in [1.165, 1.54) is 10.8 Å². The molecule has 6 aromatic carbocycles. The van der Waals surface area contributed by atoms with Crippen LogP contribution in [-0.4, -0.2) is 15.0 Å². The predicted molar refractivity (Wildman–Crippen MR) is 186 cm³/mol. The molecule has 0 fully saturated rings. The number of aromatic nitrogens is 3. The number of hydrogen-bond acceptors (Lipinski definition) is 5. The second kappa shape index (κ2) is 9.58. The van der Waals surface area contributed by atoms with E-state index < -0.39 is 0 Å². The Morgan fingerprint density at radius 1 is 0.413 bits per heavy atom. The van der Waals surface area contributed by atoms with Crippen molar-refractivity contribution in [2.75, 3.05) is 0 Å². The van der Waals surface area contributed by atoms with Gasteiger partial charge in [0.1, 0.15) is 22.3 Å². The molecular weight excluding hydrogens is 566 g/mol. The molecule has 0 spiro atoms. The number of pyridine rings is 1. The largest absolute Gasteiger partial charge is 0.456 e. The summed E-state index contributed by atoms with van der Waals surface area (Å²) in [5, 5.41) is 7.68. The first-order valence-electron chi connectivity index (χ1n) is 15.3. The number of rotatable bonds is 3. The summed E-state index contributed by atoms with van der Waals surface area (Å²) in [4.78, 5) is 15.3. The fraction of sp³-hybridized carbons (Fsp3) is 0. The summed E-state index contributed by atoms with van der Waals surface area (Å²) in [6.07, 6.45) is 1.79. The van der Waals surface area contributed by atoms with Gasteiger partial charge in [0.15, 0.2) is 11.4 Å². The fourth-order valence-corrected chi connectivity index (χ4v) is 6.92. The summed E-state index contributed by atoms with van der Waals surface area (Å²) in [7, 11) is 0. The Hall–Kier alpha value is -6.33. The Kier molecular flexibility index (Phi) is 5.22. The van der Waals surface area contributed by atoms with Crippen LogP contribution in [0, 0.1) is 0 Å². The van der Waals surface area contributed by atoms with Crippen molar-refractivity contribution in [3.05, 3.63) is 140 Å². The predicted octanol–water partition coefficient (Wildman–Crippen LogP) is 11.0. The molecule has 0 bridgehead atoms. The van der Waals surface area contributed by atoms with Gasteiger partial charge in [-0.1, -0.05) is 91.0 Å². The normalized spacial score (nSPS) is 11.9. The first kappa shape index (κ1) is 25.0. The maximum Gasteiger partial charge on any atom is 0.161 e. The minimum absolute atomic E-state index is 0.605. The van der Waals surface area contributed by atoms with Crippen molar-refractivity contribution >= 4 is 65.6 Å². The van der Waals surface area contributed by atoms with Gasteiger partial charge in [-0.3, -0.25) is 4.98 Å². The maximum atomic E-state index is 6.28. The lowest BCUT2D eigenvalue weighted by Gasteiger charge is -2.14. The van der Waals surface area contributed by atoms with E-state index >= 15 is 0 Å². The maximum absolute atomic E-state index is 6.28. The van der Waals surface area contributed by atoms with Crippen molar-refractivity contribution in [2.24, 2.45) is 0 Å². The van der Waals surface area contributed by atoms with E-state index in [2.05, 4.69) is 78.9 Å². The van der Waals surface area contributed by atoms with Crippen molar-refractivity contribution < 1.29 is 8.83 Å². The van der Waals surface area contributed by atoms with E-state index in [1.807, 2.05) is 54.6 Å². The first-order valence-corrected chi connectivity index (χ1v) is 15.3. The monoisotopic (exact) mass is 589 g/mol. The van der Waals surface area contributed by atoms with Gasteiger partial charge in [-0.2, -0.15) is 0 Å². The van der Waals surface area contributed by atoms with Crippen LogP contribution >= 0.6 is 0 Å². The SMILES string of the molecule is c1ccc2c(c1)cc(-c1cc(-c3cccc4oc5ccccc5c34)nc(-c3cccc4oc5cccnc5c34)n1)c1ccccc12. The summed E-state index contributed by atoms with van der Waals surface area (Å²) >= 11 is 0. The van der Waals surface area contributed by atoms with Gasteiger partial charge in [0.05, 0.1) is 16.8 Å². The number of para-hydroxylation sites is 1. The molecule has 0 aliphatic heterocycles. The van der Waals surface area contributed by atoms with Crippen LogP contribution < -0.4 is 0 Å². The topological polar surface area (TPSA) is 65.0 Å². The van der Waals surface area contributed by atoms with Gasteiger partial charge in [-0.25, -0.2) is 9.97 Å². The lowest BCUT2D eigenvalue weighted by molar-refractivity contribution is 0.668. The molecule has 46 heavy (non-hydrogen) atoms. The highest BCUT2D eigenvalue weighted by Crippen LogP contribution is 2.41. The van der Waals surface area contributed by atoms with Crippen LogP contribution in [0.1, 0.15) is 0 Å². The third-order valence-corrected chi connectivity index (χ3v) is 8.94. The van der Waals surface area contributed by atoms with Crippen molar-refractivity contribution in [1.29, 1.82) is 0 Å². The molecule has 0 unspecified atom stereocenters. The van der Waals surface area contributed by atoms with E-state index in [4.69, 9.17) is 23.8 Å². The number of fused-ring (bicyclic) bond motifs is 9. The molecule has 4 aromatic heterocycles. The van der Waals surface area contributed by atoms with Gasteiger partial charge in [0.2, 0.25) is 0 Å². The molecule has 0 aliphatic carbocycles. The Labute approximate surface area is 262 Å². The van der Waals surface area contributed by atoms with Crippen LogP contribution in [0.15, 0.2) is 148 Å². The summed E-state index contributed by atoms with van der Waals surface area (Å²) in [6.45, 7) is 0. The van der Waals surface area contributed by atoms with Crippen LogP contribution in [0.3, 0.4) is 0 Å². The van der Waals surface area contributed by atoms with Crippen LogP contribution in [0.25, 0.3) is 99.5 Å². The molecule has 0 aliphatic rings. The van der Waals surface area contributed by atoms with Gasteiger partial charge in [0.25, 0.3) is 0 Å². The van der Waals surface area contributed by atoms with Gasteiger partial charge < -0.3 is 8.83 Å². The standard InChI is InChI=1S/C41H23N3O2/c1-2-11-25-24(10-1)22-31(27-13-4-3-12-26(25)27)33-23-32(28-15-7-18-35-38(28)29-14-5-6-17-34(29)45-35)43-41(44-33)30-16-8-19-36-39(30)40-37(46-36)20-9-21-42-40/h1-23H. The van der Waals surface area contributed by atoms with E-state index in [-0.39, 0.29) is 0 Å². The van der Waals surface area contributed by atoms with Gasteiger partial charge in [-0.15, -0.1) is 0 Å². The van der Waals surface area contributed by atoms with E-state index in [0.29, 0.717) is 5.82 Å². The number of furan rings is 2. The van der Waals surface area contributed by atoms with Crippen molar-refractivity contribution in [1.82, 2.24) is 15.0 Å². The highest BCUT2D eigenvalue weighted by molar-refractivity contribution is 6.15. The van der Waals surface area contributed by atoms with Gasteiger partial charge in [0, 0.05) is 33.7 Å². The third-order valence-electron chi connectivity index (χ3n) is 8.94. The molecule has 0 N–H and O–H groups in total. The summed E-state index contributed by atoms with van der Waals surface area (Å²) in [5.41, 5.74) is 8.50. The summed E-state index contributed by atoms with van der Waals surface area (Å²) in [5.74, 6) is 0.605. The van der Waals surface area contributed by atoms with Gasteiger partial charge >= 0.3 is 0 Å². The average Bonchev–Trinajstić information content (AvgIpc) is 3.70. The Morgan fingerprint density at radius 3 is 1.91 bits per heavy atom. The molecule has 0 radical (unpaired) electrons. The molecule has 10 rings (SSSR count). The molecule has 0 saturated heterocycles. The van der Waals surface area contributed by atoms with Crippen molar-refractivity contribution in [3.63, 3.8) is 0 Å². The number of nitrogens with zero attached hydrogens (tertiary/aromatic N) is 3. The smallest absolute Gasteiger partial charge is 0.161 e. The lowest BCUT2D eigenvalue weighted by atomic mass is 9.94. The summed E-state index contributed by atoms with van der Waals surface area (Å²) in [6, 6.07) is 45.6. The fourth-order valence-electron chi connectivity index (χ4n) is 6.92. The molecule has 4 heterocycles. The quantitative estimate of drug-likeness (QED) is 0.192. The Balaban J connectivity index is 1.33. The molecule has 5 nitrogen and oxygen atoms in total.